The molecule has 2 atom stereocenters. The number of imidazole rings is 1. The third kappa shape index (κ3) is 3.09. The third-order valence-corrected chi connectivity index (χ3v) is 4.73. The zero-order valence-electron chi connectivity index (χ0n) is 14.3. The van der Waals surface area contributed by atoms with Gasteiger partial charge in [-0.25, -0.2) is 4.98 Å². The Morgan fingerprint density at radius 1 is 1.22 bits per heavy atom. The van der Waals surface area contributed by atoms with Gasteiger partial charge in [-0.1, -0.05) is 24.3 Å². The second kappa shape index (κ2) is 6.69. The zero-order valence-corrected chi connectivity index (χ0v) is 14.3. The summed E-state index contributed by atoms with van der Waals surface area (Å²) in [5, 5.41) is 12.3. The van der Waals surface area contributed by atoms with Crippen molar-refractivity contribution in [1.82, 2.24) is 9.97 Å². The predicted octanol–water partition coefficient (Wildman–Crippen LogP) is 1.95. The average Bonchev–Trinajstić information content (AvgIpc) is 3.28. The van der Waals surface area contributed by atoms with Crippen molar-refractivity contribution in [2.75, 3.05) is 5.32 Å². The molecule has 0 spiro atoms. The Bertz CT molecular complexity index is 997. The molecule has 3 aromatic rings. The summed E-state index contributed by atoms with van der Waals surface area (Å²) in [6.07, 6.45) is 3.54. The number of nitrogens with one attached hydrogen (secondary N) is 2. The first-order valence-corrected chi connectivity index (χ1v) is 8.54. The second-order valence-electron chi connectivity index (χ2n) is 6.52. The number of aromatic nitrogens is 2. The highest BCUT2D eigenvalue weighted by Gasteiger charge is 2.36. The molecule has 1 aliphatic heterocycles. The number of aromatic amines is 1. The van der Waals surface area contributed by atoms with E-state index >= 15 is 0 Å². The van der Waals surface area contributed by atoms with Gasteiger partial charge in [0.2, 0.25) is 5.91 Å². The maximum absolute atomic E-state index is 13.0. The van der Waals surface area contributed by atoms with Gasteiger partial charge in [0.1, 0.15) is 5.75 Å². The van der Waals surface area contributed by atoms with E-state index in [-0.39, 0.29) is 17.4 Å². The number of ketones is 1. The minimum Gasteiger partial charge on any atom is -0.508 e. The van der Waals surface area contributed by atoms with Gasteiger partial charge in [-0.05, 0) is 23.8 Å². The molecule has 1 aliphatic rings. The molecule has 2 heterocycles. The molecule has 2 aromatic carbocycles. The van der Waals surface area contributed by atoms with Crippen molar-refractivity contribution < 1.29 is 14.7 Å². The molecule has 7 heteroatoms. The number of Topliss-reactive ketones (excluding diaryl/α,β-unsaturated/α-hetero) is 1. The Kier molecular flexibility index (Phi) is 4.21. The standard InChI is InChI=1S/C20H18N4O3/c21-15(8-12-9-22-10-23-12)19(26)14-2-1-3-16-18(14)17(20(27)24-16)11-4-6-13(25)7-5-11/h1-7,9-10,15,17,25H,8,21H2,(H,22,23)(H,24,27)/t15-,17?/m0/s1. The first-order chi connectivity index (χ1) is 13.0. The van der Waals surface area contributed by atoms with Crippen LogP contribution in [0.2, 0.25) is 0 Å². The number of hydrogen-bond acceptors (Lipinski definition) is 5. The van der Waals surface area contributed by atoms with Crippen LogP contribution in [-0.2, 0) is 11.2 Å². The summed E-state index contributed by atoms with van der Waals surface area (Å²) in [5.41, 5.74) is 9.18. The van der Waals surface area contributed by atoms with Crippen LogP contribution in [0.1, 0.15) is 33.1 Å². The zero-order chi connectivity index (χ0) is 19.0. The number of fused-ring (bicyclic) bond motifs is 1. The Labute approximate surface area is 155 Å². The summed E-state index contributed by atoms with van der Waals surface area (Å²) in [6, 6.07) is 10.8. The van der Waals surface area contributed by atoms with Crippen molar-refractivity contribution in [3.8, 4) is 5.75 Å². The molecule has 136 valence electrons. The lowest BCUT2D eigenvalue weighted by Gasteiger charge is -2.16. The molecule has 4 rings (SSSR count). The maximum atomic E-state index is 13.0. The van der Waals surface area contributed by atoms with E-state index < -0.39 is 12.0 Å². The fourth-order valence-corrected chi connectivity index (χ4v) is 3.44. The first-order valence-electron chi connectivity index (χ1n) is 8.54. The number of nitrogens with zero attached hydrogens (tertiary/aromatic N) is 1. The molecule has 0 saturated carbocycles. The van der Waals surface area contributed by atoms with E-state index in [4.69, 9.17) is 5.73 Å². The smallest absolute Gasteiger partial charge is 0.236 e. The number of phenols is 1. The van der Waals surface area contributed by atoms with Gasteiger partial charge >= 0.3 is 0 Å². The summed E-state index contributed by atoms with van der Waals surface area (Å²) >= 11 is 0. The van der Waals surface area contributed by atoms with Crippen molar-refractivity contribution in [3.63, 3.8) is 0 Å². The van der Waals surface area contributed by atoms with Crippen LogP contribution in [0.5, 0.6) is 5.75 Å². The maximum Gasteiger partial charge on any atom is 0.236 e. The van der Waals surface area contributed by atoms with Crippen LogP contribution >= 0.6 is 0 Å². The molecule has 27 heavy (non-hydrogen) atoms. The fourth-order valence-electron chi connectivity index (χ4n) is 3.44. The average molecular weight is 362 g/mol. The molecule has 5 N–H and O–H groups in total. The highest BCUT2D eigenvalue weighted by atomic mass is 16.3. The Balaban J connectivity index is 1.72. The van der Waals surface area contributed by atoms with Gasteiger partial charge in [0.05, 0.1) is 24.0 Å². The van der Waals surface area contributed by atoms with Crippen molar-refractivity contribution in [2.24, 2.45) is 5.73 Å². The number of anilines is 1. The molecule has 0 radical (unpaired) electrons. The summed E-state index contributed by atoms with van der Waals surface area (Å²) in [5.74, 6) is -0.965. The number of aromatic hydroxyl groups is 1. The van der Waals surface area contributed by atoms with Crippen molar-refractivity contribution >= 4 is 17.4 Å². The molecule has 0 bridgehead atoms. The Hall–Kier alpha value is -3.45. The van der Waals surface area contributed by atoms with Gasteiger partial charge in [-0.3, -0.25) is 9.59 Å². The van der Waals surface area contributed by atoms with Crippen LogP contribution in [0, 0.1) is 0 Å². The van der Waals surface area contributed by atoms with Crippen LogP contribution in [0.25, 0.3) is 0 Å². The van der Waals surface area contributed by atoms with E-state index in [0.29, 0.717) is 34.5 Å². The van der Waals surface area contributed by atoms with Gasteiger partial charge in [-0.2, -0.15) is 0 Å². The van der Waals surface area contributed by atoms with E-state index in [0.717, 1.165) is 0 Å². The summed E-state index contributed by atoms with van der Waals surface area (Å²) < 4.78 is 0. The highest BCUT2D eigenvalue weighted by molar-refractivity contribution is 6.11. The molecule has 0 saturated heterocycles. The normalized spacial score (nSPS) is 16.6. The van der Waals surface area contributed by atoms with E-state index in [1.165, 1.54) is 18.5 Å². The molecule has 7 nitrogen and oxygen atoms in total. The summed E-state index contributed by atoms with van der Waals surface area (Å²) in [6.45, 7) is 0. The SMILES string of the molecule is N[C@@H](Cc1c[nH]cn1)C(=O)c1cccc2c1C(c1ccc(O)cc1)C(=O)N2. The summed E-state index contributed by atoms with van der Waals surface area (Å²) in [7, 11) is 0. The quantitative estimate of drug-likeness (QED) is 0.517. The number of amides is 1. The predicted molar refractivity (Wildman–Crippen MR) is 99.6 cm³/mol. The number of hydrogen-bond donors (Lipinski definition) is 4. The van der Waals surface area contributed by atoms with Crippen molar-refractivity contribution in [1.29, 1.82) is 0 Å². The second-order valence-corrected chi connectivity index (χ2v) is 6.52. The van der Waals surface area contributed by atoms with E-state index in [1.54, 1.807) is 36.5 Å². The van der Waals surface area contributed by atoms with Gasteiger partial charge in [0.25, 0.3) is 0 Å². The molecule has 1 amide bonds. The van der Waals surface area contributed by atoms with Crippen molar-refractivity contribution in [2.45, 2.75) is 18.4 Å². The number of carbonyl (C=O) groups is 2. The largest absolute Gasteiger partial charge is 0.508 e. The molecular formula is C20H18N4O3. The summed E-state index contributed by atoms with van der Waals surface area (Å²) in [4.78, 5) is 32.6. The third-order valence-electron chi connectivity index (χ3n) is 4.73. The number of benzene rings is 2. The lowest BCUT2D eigenvalue weighted by Crippen LogP contribution is -2.33. The lowest BCUT2D eigenvalue weighted by atomic mass is 9.86. The van der Waals surface area contributed by atoms with Gasteiger partial charge in [0, 0.05) is 29.4 Å². The number of carbonyl (C=O) groups excluding carboxylic acids is 2. The van der Waals surface area contributed by atoms with E-state index in [1.807, 2.05) is 0 Å². The van der Waals surface area contributed by atoms with Gasteiger partial charge in [-0.15, -0.1) is 0 Å². The number of H-pyrrole nitrogens is 1. The van der Waals surface area contributed by atoms with E-state index in [9.17, 15) is 14.7 Å². The first kappa shape index (κ1) is 17.0. The van der Waals surface area contributed by atoms with Crippen LogP contribution in [0.4, 0.5) is 5.69 Å². The van der Waals surface area contributed by atoms with Gasteiger partial charge in [0.15, 0.2) is 5.78 Å². The lowest BCUT2D eigenvalue weighted by molar-refractivity contribution is -0.116. The molecule has 0 aliphatic carbocycles. The van der Waals surface area contributed by atoms with Crippen LogP contribution in [0.15, 0.2) is 55.0 Å². The number of rotatable bonds is 5. The number of phenolic OH excluding ortho intramolecular Hbond substituents is 1. The molecule has 0 fully saturated rings. The number of nitrogens with two attached hydrogens (primary N) is 1. The Morgan fingerprint density at radius 3 is 2.70 bits per heavy atom. The monoisotopic (exact) mass is 362 g/mol. The van der Waals surface area contributed by atoms with Crippen LogP contribution < -0.4 is 11.1 Å². The Morgan fingerprint density at radius 2 is 2.00 bits per heavy atom. The molecular weight excluding hydrogens is 344 g/mol. The topological polar surface area (TPSA) is 121 Å². The molecule has 1 unspecified atom stereocenters. The van der Waals surface area contributed by atoms with Crippen LogP contribution in [0.3, 0.4) is 0 Å². The molecule has 1 aromatic heterocycles. The van der Waals surface area contributed by atoms with Crippen molar-refractivity contribution in [3.05, 3.63) is 77.4 Å². The van der Waals surface area contributed by atoms with Crippen LogP contribution in [-0.4, -0.2) is 32.8 Å². The highest BCUT2D eigenvalue weighted by Crippen LogP contribution is 2.40. The minimum atomic E-state index is -0.768. The fraction of sp³-hybridized carbons (Fsp3) is 0.150. The van der Waals surface area contributed by atoms with E-state index in [2.05, 4.69) is 15.3 Å². The minimum absolute atomic E-state index is 0.114. The van der Waals surface area contributed by atoms with Gasteiger partial charge < -0.3 is 21.1 Å².